The van der Waals surface area contributed by atoms with Crippen LogP contribution >= 0.6 is 11.6 Å². The number of hydrogen-bond acceptors (Lipinski definition) is 4. The number of carbonyl (C=O) groups excluding carboxylic acids is 1. The molecule has 124 valence electrons. The molecular formula is C17H22ClN3O2. The lowest BCUT2D eigenvalue weighted by molar-refractivity contribution is -0.118. The molecule has 1 aliphatic rings. The Kier molecular flexibility index (Phi) is 6.00. The van der Waals surface area contributed by atoms with Crippen LogP contribution in [-0.2, 0) is 4.79 Å². The SMILES string of the molecule is CCC1(CO)CCN(CC(=O)Nc2ccc(C#N)c(Cl)c2)CC1. The molecule has 0 radical (unpaired) electrons. The number of rotatable bonds is 5. The number of hydrogen-bond donors (Lipinski definition) is 2. The molecule has 0 spiro atoms. The number of likely N-dealkylation sites (tertiary alicyclic amines) is 1. The number of nitriles is 1. The van der Waals surface area contributed by atoms with Gasteiger partial charge in [0.2, 0.25) is 5.91 Å². The van der Waals surface area contributed by atoms with E-state index < -0.39 is 0 Å². The van der Waals surface area contributed by atoms with Crippen molar-refractivity contribution < 1.29 is 9.90 Å². The van der Waals surface area contributed by atoms with Crippen molar-refractivity contribution in [3.8, 4) is 6.07 Å². The Labute approximate surface area is 141 Å². The second-order valence-corrected chi connectivity index (χ2v) is 6.55. The lowest BCUT2D eigenvalue weighted by atomic mass is 9.77. The minimum atomic E-state index is -0.0984. The predicted octanol–water partition coefficient (Wildman–Crippen LogP) is 2.63. The summed E-state index contributed by atoms with van der Waals surface area (Å²) in [5, 5.41) is 21.5. The van der Waals surface area contributed by atoms with Gasteiger partial charge in [0.15, 0.2) is 0 Å². The summed E-state index contributed by atoms with van der Waals surface area (Å²) in [6.07, 6.45) is 2.79. The summed E-state index contributed by atoms with van der Waals surface area (Å²) in [5.74, 6) is -0.0984. The number of nitrogens with one attached hydrogen (secondary N) is 1. The monoisotopic (exact) mass is 335 g/mol. The molecule has 2 N–H and O–H groups in total. The van der Waals surface area contributed by atoms with Gasteiger partial charge < -0.3 is 10.4 Å². The maximum atomic E-state index is 12.1. The first-order valence-corrected chi connectivity index (χ1v) is 8.22. The third kappa shape index (κ3) is 4.44. The zero-order chi connectivity index (χ0) is 16.9. The number of carbonyl (C=O) groups is 1. The first kappa shape index (κ1) is 17.7. The number of piperidine rings is 1. The number of benzene rings is 1. The van der Waals surface area contributed by atoms with Gasteiger partial charge in [-0.3, -0.25) is 9.69 Å². The summed E-state index contributed by atoms with van der Waals surface area (Å²) < 4.78 is 0. The van der Waals surface area contributed by atoms with Gasteiger partial charge in [-0.15, -0.1) is 0 Å². The number of aliphatic hydroxyl groups excluding tert-OH is 1. The molecule has 1 aromatic rings. The second-order valence-electron chi connectivity index (χ2n) is 6.14. The van der Waals surface area contributed by atoms with E-state index in [1.165, 1.54) is 0 Å². The Morgan fingerprint density at radius 2 is 2.17 bits per heavy atom. The normalized spacial score (nSPS) is 17.5. The van der Waals surface area contributed by atoms with Crippen LogP contribution in [0.15, 0.2) is 18.2 Å². The van der Waals surface area contributed by atoms with Crippen LogP contribution in [0, 0.1) is 16.7 Å². The Morgan fingerprint density at radius 1 is 1.48 bits per heavy atom. The second kappa shape index (κ2) is 7.78. The molecule has 6 heteroatoms. The van der Waals surface area contributed by atoms with Crippen molar-refractivity contribution in [1.82, 2.24) is 4.90 Å². The number of halogens is 1. The maximum Gasteiger partial charge on any atom is 0.238 e. The van der Waals surface area contributed by atoms with Gasteiger partial charge in [-0.05, 0) is 56.0 Å². The van der Waals surface area contributed by atoms with Gasteiger partial charge in [0.05, 0.1) is 17.1 Å². The number of anilines is 1. The number of amides is 1. The van der Waals surface area contributed by atoms with Crippen molar-refractivity contribution >= 4 is 23.2 Å². The van der Waals surface area contributed by atoms with E-state index in [0.717, 1.165) is 32.4 Å². The largest absolute Gasteiger partial charge is 0.396 e. The summed E-state index contributed by atoms with van der Waals surface area (Å²) in [4.78, 5) is 14.2. The number of nitrogens with zero attached hydrogens (tertiary/aromatic N) is 2. The molecule has 0 atom stereocenters. The minimum absolute atomic E-state index is 0.0215. The molecule has 1 aromatic carbocycles. The average Bonchev–Trinajstić information content (AvgIpc) is 2.56. The molecule has 1 amide bonds. The van der Waals surface area contributed by atoms with E-state index in [-0.39, 0.29) is 17.9 Å². The Balaban J connectivity index is 1.87. The lowest BCUT2D eigenvalue weighted by Gasteiger charge is -2.39. The van der Waals surface area contributed by atoms with E-state index in [2.05, 4.69) is 17.1 Å². The molecule has 0 unspecified atom stereocenters. The molecule has 1 saturated heterocycles. The summed E-state index contributed by atoms with van der Waals surface area (Å²) in [6.45, 7) is 4.27. The van der Waals surface area contributed by atoms with Crippen molar-refractivity contribution in [1.29, 1.82) is 5.26 Å². The third-order valence-corrected chi connectivity index (χ3v) is 5.06. The van der Waals surface area contributed by atoms with Crippen molar-refractivity contribution in [2.24, 2.45) is 5.41 Å². The standard InChI is InChI=1S/C17H22ClN3O2/c1-2-17(12-22)5-7-21(8-6-17)11-16(23)20-14-4-3-13(10-19)15(18)9-14/h3-4,9,22H,2,5-8,11-12H2,1H3,(H,20,23). The Morgan fingerprint density at radius 3 is 2.70 bits per heavy atom. The van der Waals surface area contributed by atoms with Gasteiger partial charge in [0.25, 0.3) is 0 Å². The van der Waals surface area contributed by atoms with E-state index in [9.17, 15) is 9.90 Å². The van der Waals surface area contributed by atoms with E-state index in [4.69, 9.17) is 16.9 Å². The zero-order valence-corrected chi connectivity index (χ0v) is 14.1. The van der Waals surface area contributed by atoms with Crippen LogP contribution < -0.4 is 5.32 Å². The number of aliphatic hydroxyl groups is 1. The molecule has 23 heavy (non-hydrogen) atoms. The molecule has 5 nitrogen and oxygen atoms in total. The molecule has 1 fully saturated rings. The highest BCUT2D eigenvalue weighted by Crippen LogP contribution is 2.34. The lowest BCUT2D eigenvalue weighted by Crippen LogP contribution is -2.44. The van der Waals surface area contributed by atoms with Crippen LogP contribution in [0.2, 0.25) is 5.02 Å². The van der Waals surface area contributed by atoms with Gasteiger partial charge >= 0.3 is 0 Å². The van der Waals surface area contributed by atoms with Crippen molar-refractivity contribution in [2.45, 2.75) is 26.2 Å². The fourth-order valence-corrected chi connectivity index (χ4v) is 3.12. The van der Waals surface area contributed by atoms with Crippen LogP contribution in [-0.4, -0.2) is 42.2 Å². The van der Waals surface area contributed by atoms with Gasteiger partial charge in [-0.1, -0.05) is 18.5 Å². The fraction of sp³-hybridized carbons (Fsp3) is 0.529. The van der Waals surface area contributed by atoms with Gasteiger partial charge in [-0.25, -0.2) is 0 Å². The average molecular weight is 336 g/mol. The van der Waals surface area contributed by atoms with Gasteiger partial charge in [-0.2, -0.15) is 5.26 Å². The molecule has 0 aliphatic carbocycles. The summed E-state index contributed by atoms with van der Waals surface area (Å²) in [6, 6.07) is 6.84. The van der Waals surface area contributed by atoms with E-state index >= 15 is 0 Å². The van der Waals surface area contributed by atoms with Crippen LogP contribution in [0.25, 0.3) is 0 Å². The summed E-state index contributed by atoms with van der Waals surface area (Å²) >= 11 is 5.96. The van der Waals surface area contributed by atoms with Crippen molar-refractivity contribution in [2.75, 3.05) is 31.6 Å². The minimum Gasteiger partial charge on any atom is -0.396 e. The molecule has 2 rings (SSSR count). The molecular weight excluding hydrogens is 314 g/mol. The van der Waals surface area contributed by atoms with Crippen molar-refractivity contribution in [3.63, 3.8) is 0 Å². The van der Waals surface area contributed by atoms with Crippen LogP contribution in [0.4, 0.5) is 5.69 Å². The quantitative estimate of drug-likeness (QED) is 0.867. The fourth-order valence-electron chi connectivity index (χ4n) is 2.90. The van der Waals surface area contributed by atoms with E-state index in [1.807, 2.05) is 6.07 Å². The summed E-state index contributed by atoms with van der Waals surface area (Å²) in [7, 11) is 0. The molecule has 0 bridgehead atoms. The Bertz CT molecular complexity index is 598. The Hall–Kier alpha value is -1.61. The van der Waals surface area contributed by atoms with Crippen LogP contribution in [0.5, 0.6) is 0 Å². The maximum absolute atomic E-state index is 12.1. The smallest absolute Gasteiger partial charge is 0.238 e. The summed E-state index contributed by atoms with van der Waals surface area (Å²) in [5.41, 5.74) is 1.00. The van der Waals surface area contributed by atoms with Gasteiger partial charge in [0.1, 0.15) is 6.07 Å². The predicted molar refractivity (Wildman–Crippen MR) is 90.3 cm³/mol. The van der Waals surface area contributed by atoms with Crippen molar-refractivity contribution in [3.05, 3.63) is 28.8 Å². The van der Waals surface area contributed by atoms with E-state index in [0.29, 0.717) is 22.8 Å². The highest BCUT2D eigenvalue weighted by Gasteiger charge is 2.32. The highest BCUT2D eigenvalue weighted by molar-refractivity contribution is 6.32. The van der Waals surface area contributed by atoms with Crippen LogP contribution in [0.1, 0.15) is 31.7 Å². The van der Waals surface area contributed by atoms with E-state index in [1.54, 1.807) is 18.2 Å². The highest BCUT2D eigenvalue weighted by atomic mass is 35.5. The van der Waals surface area contributed by atoms with Crippen LogP contribution in [0.3, 0.4) is 0 Å². The molecule has 1 aliphatic heterocycles. The molecule has 0 saturated carbocycles. The first-order chi connectivity index (χ1) is 11.0. The topological polar surface area (TPSA) is 76.4 Å². The van der Waals surface area contributed by atoms with Gasteiger partial charge in [0, 0.05) is 12.3 Å². The first-order valence-electron chi connectivity index (χ1n) is 7.84. The third-order valence-electron chi connectivity index (χ3n) is 4.74. The molecule has 1 heterocycles. The zero-order valence-electron chi connectivity index (χ0n) is 13.3. The molecule has 0 aromatic heterocycles.